The van der Waals surface area contributed by atoms with Crippen LogP contribution in [0.15, 0.2) is 24.3 Å². The Morgan fingerprint density at radius 3 is 2.56 bits per heavy atom. The minimum absolute atomic E-state index is 0.00888. The fraction of sp³-hybridized carbons (Fsp3) is 0.455. The molecule has 0 saturated carbocycles. The molecule has 0 aromatic heterocycles. The fourth-order valence-corrected chi connectivity index (χ4v) is 2.50. The largest absolute Gasteiger partial charge is 0.496 e. The number of hydrogen-bond donors (Lipinski definition) is 1. The second-order valence-electron chi connectivity index (χ2n) is 3.87. The Kier molecular flexibility index (Phi) is 4.32. The zero-order valence-electron chi connectivity index (χ0n) is 9.51. The maximum atomic E-state index is 11.1. The van der Waals surface area contributed by atoms with Gasteiger partial charge in [-0.2, -0.15) is 0 Å². The zero-order chi connectivity index (χ0) is 12.2. The molecular formula is C11H17NO3S. The molecule has 1 aromatic carbocycles. The third-order valence-electron chi connectivity index (χ3n) is 2.19. The van der Waals surface area contributed by atoms with E-state index in [1.54, 1.807) is 7.11 Å². The van der Waals surface area contributed by atoms with Crippen molar-refractivity contribution in [1.29, 1.82) is 0 Å². The maximum absolute atomic E-state index is 11.1. The van der Waals surface area contributed by atoms with Crippen LogP contribution in [0, 0.1) is 0 Å². The van der Waals surface area contributed by atoms with E-state index < -0.39 is 15.9 Å². The van der Waals surface area contributed by atoms with Gasteiger partial charge in [0.15, 0.2) is 0 Å². The summed E-state index contributed by atoms with van der Waals surface area (Å²) in [6.45, 7) is 0. The average molecular weight is 243 g/mol. The van der Waals surface area contributed by atoms with Gasteiger partial charge in [-0.25, -0.2) is 8.42 Å². The Labute approximate surface area is 96.3 Å². The fourth-order valence-electron chi connectivity index (χ4n) is 1.60. The molecule has 0 aliphatic carbocycles. The number of rotatable bonds is 5. The van der Waals surface area contributed by atoms with Gasteiger partial charge in [0.05, 0.1) is 12.9 Å². The number of para-hydroxylation sites is 1. The summed E-state index contributed by atoms with van der Waals surface area (Å²) in [4.78, 5) is 0. The number of ether oxygens (including phenoxy) is 1. The first-order valence-electron chi connectivity index (χ1n) is 4.97. The first kappa shape index (κ1) is 13.0. The van der Waals surface area contributed by atoms with Crippen molar-refractivity contribution in [2.45, 2.75) is 12.5 Å². The smallest absolute Gasteiger partial charge is 0.148 e. The highest BCUT2D eigenvalue weighted by Crippen LogP contribution is 2.18. The quantitative estimate of drug-likeness (QED) is 0.822. The van der Waals surface area contributed by atoms with E-state index in [2.05, 4.69) is 0 Å². The lowest BCUT2D eigenvalue weighted by Crippen LogP contribution is -2.31. The molecule has 0 heterocycles. The summed E-state index contributed by atoms with van der Waals surface area (Å²) >= 11 is 0. The predicted octanol–water partition coefficient (Wildman–Crippen LogP) is 0.610. The molecule has 0 aliphatic rings. The van der Waals surface area contributed by atoms with Gasteiger partial charge in [0.25, 0.3) is 0 Å². The molecule has 0 spiro atoms. The first-order valence-corrected chi connectivity index (χ1v) is 7.03. The van der Waals surface area contributed by atoms with Crippen molar-refractivity contribution in [2.75, 3.05) is 19.1 Å². The minimum Gasteiger partial charge on any atom is -0.496 e. The van der Waals surface area contributed by atoms with Crippen LogP contribution in [0.3, 0.4) is 0 Å². The molecule has 1 unspecified atom stereocenters. The highest BCUT2D eigenvalue weighted by atomic mass is 32.2. The molecule has 0 saturated heterocycles. The number of nitrogens with two attached hydrogens (primary N) is 1. The van der Waals surface area contributed by atoms with Gasteiger partial charge < -0.3 is 10.5 Å². The van der Waals surface area contributed by atoms with E-state index in [4.69, 9.17) is 10.5 Å². The molecular weight excluding hydrogens is 226 g/mol. The van der Waals surface area contributed by atoms with Crippen molar-refractivity contribution < 1.29 is 13.2 Å². The van der Waals surface area contributed by atoms with E-state index in [9.17, 15) is 8.42 Å². The number of methoxy groups -OCH3 is 1. The molecule has 5 heteroatoms. The number of hydrogen-bond acceptors (Lipinski definition) is 4. The van der Waals surface area contributed by atoms with Crippen LogP contribution in [0.4, 0.5) is 0 Å². The van der Waals surface area contributed by atoms with Crippen molar-refractivity contribution in [2.24, 2.45) is 5.73 Å². The third-order valence-corrected chi connectivity index (χ3v) is 3.23. The Morgan fingerprint density at radius 2 is 2.00 bits per heavy atom. The summed E-state index contributed by atoms with van der Waals surface area (Å²) in [5.41, 5.74) is 6.71. The molecule has 90 valence electrons. The maximum Gasteiger partial charge on any atom is 0.148 e. The van der Waals surface area contributed by atoms with Crippen LogP contribution < -0.4 is 10.5 Å². The van der Waals surface area contributed by atoms with E-state index in [0.29, 0.717) is 6.42 Å². The van der Waals surface area contributed by atoms with E-state index in [-0.39, 0.29) is 5.75 Å². The average Bonchev–Trinajstić information content (AvgIpc) is 2.15. The van der Waals surface area contributed by atoms with Crippen molar-refractivity contribution in [3.63, 3.8) is 0 Å². The van der Waals surface area contributed by atoms with Crippen molar-refractivity contribution in [1.82, 2.24) is 0 Å². The Bertz CT molecular complexity index is 442. The van der Waals surface area contributed by atoms with E-state index in [0.717, 1.165) is 11.3 Å². The third kappa shape index (κ3) is 4.20. The van der Waals surface area contributed by atoms with Crippen molar-refractivity contribution in [3.05, 3.63) is 29.8 Å². The zero-order valence-corrected chi connectivity index (χ0v) is 10.3. The normalized spacial score (nSPS) is 13.4. The standard InChI is InChI=1S/C11H17NO3S/c1-15-11-6-4-3-5-9(11)7-10(12)8-16(2,13)14/h3-6,10H,7-8,12H2,1-2H3. The van der Waals surface area contributed by atoms with Crippen LogP contribution in [0.5, 0.6) is 5.75 Å². The van der Waals surface area contributed by atoms with Crippen LogP contribution in [0.2, 0.25) is 0 Å². The number of sulfone groups is 1. The number of benzene rings is 1. The molecule has 1 rings (SSSR count). The highest BCUT2D eigenvalue weighted by Gasteiger charge is 2.13. The molecule has 0 radical (unpaired) electrons. The van der Waals surface area contributed by atoms with Crippen LogP contribution in [0.1, 0.15) is 5.56 Å². The highest BCUT2D eigenvalue weighted by molar-refractivity contribution is 7.90. The van der Waals surface area contributed by atoms with Gasteiger partial charge in [0.2, 0.25) is 0 Å². The minimum atomic E-state index is -3.03. The Hall–Kier alpha value is -1.07. The van der Waals surface area contributed by atoms with E-state index in [1.165, 1.54) is 6.26 Å². The van der Waals surface area contributed by atoms with Crippen molar-refractivity contribution >= 4 is 9.84 Å². The SMILES string of the molecule is COc1ccccc1CC(N)CS(C)(=O)=O. The molecule has 1 atom stereocenters. The van der Waals surface area contributed by atoms with Crippen LogP contribution in [-0.4, -0.2) is 33.6 Å². The molecule has 0 aliphatic heterocycles. The van der Waals surface area contributed by atoms with Gasteiger partial charge in [-0.15, -0.1) is 0 Å². The van der Waals surface area contributed by atoms with Gasteiger partial charge in [-0.05, 0) is 18.1 Å². The Morgan fingerprint density at radius 1 is 1.38 bits per heavy atom. The lowest BCUT2D eigenvalue weighted by molar-refractivity contribution is 0.408. The molecule has 0 bridgehead atoms. The lowest BCUT2D eigenvalue weighted by atomic mass is 10.1. The van der Waals surface area contributed by atoms with Gasteiger partial charge in [0, 0.05) is 12.3 Å². The molecule has 2 N–H and O–H groups in total. The van der Waals surface area contributed by atoms with Crippen molar-refractivity contribution in [3.8, 4) is 5.75 Å². The molecule has 1 aromatic rings. The Balaban J connectivity index is 2.73. The molecule has 0 amide bonds. The van der Waals surface area contributed by atoms with Crippen LogP contribution >= 0.6 is 0 Å². The molecule has 4 nitrogen and oxygen atoms in total. The summed E-state index contributed by atoms with van der Waals surface area (Å²) in [6.07, 6.45) is 1.69. The van der Waals surface area contributed by atoms with Gasteiger partial charge >= 0.3 is 0 Å². The van der Waals surface area contributed by atoms with Gasteiger partial charge in [0.1, 0.15) is 15.6 Å². The monoisotopic (exact) mass is 243 g/mol. The van der Waals surface area contributed by atoms with Gasteiger partial charge in [-0.1, -0.05) is 18.2 Å². The van der Waals surface area contributed by atoms with Crippen LogP contribution in [-0.2, 0) is 16.3 Å². The van der Waals surface area contributed by atoms with E-state index in [1.807, 2.05) is 24.3 Å². The first-order chi connectivity index (χ1) is 7.42. The topological polar surface area (TPSA) is 69.4 Å². The molecule has 16 heavy (non-hydrogen) atoms. The second kappa shape index (κ2) is 5.32. The summed E-state index contributed by atoms with van der Waals surface area (Å²) in [5.74, 6) is 0.733. The predicted molar refractivity (Wildman–Crippen MR) is 64.4 cm³/mol. The summed E-state index contributed by atoms with van der Waals surface area (Å²) in [6, 6.07) is 7.07. The van der Waals surface area contributed by atoms with Gasteiger partial charge in [-0.3, -0.25) is 0 Å². The van der Waals surface area contributed by atoms with Crippen LogP contribution in [0.25, 0.3) is 0 Å². The summed E-state index contributed by atoms with van der Waals surface area (Å²) in [7, 11) is -1.44. The second-order valence-corrected chi connectivity index (χ2v) is 6.05. The summed E-state index contributed by atoms with van der Waals surface area (Å²) in [5, 5.41) is 0. The summed E-state index contributed by atoms with van der Waals surface area (Å²) < 4.78 is 27.3. The lowest BCUT2D eigenvalue weighted by Gasteiger charge is -2.13. The molecule has 0 fully saturated rings. The van der Waals surface area contributed by atoms with E-state index >= 15 is 0 Å².